The average Bonchev–Trinajstić information content (AvgIpc) is 3.31. The lowest BCUT2D eigenvalue weighted by molar-refractivity contribution is -0.0592. The molecule has 0 saturated carbocycles. The lowest BCUT2D eigenvalue weighted by Crippen LogP contribution is -2.36. The SMILES string of the molecule is Cc1ccc(OCc2cccc(CC3CCN(Cc4nc5ccc(C(=O)O)cc5n4C[C@@H]4CCO4)CC3)n2)c(CO)c1. The number of fused-ring (bicyclic) bond motifs is 1. The molecule has 2 fully saturated rings. The minimum absolute atomic E-state index is 0.0535. The number of carboxylic acids is 1. The first-order valence-corrected chi connectivity index (χ1v) is 14.8. The van der Waals surface area contributed by atoms with Gasteiger partial charge in [0.05, 0.1) is 48.1 Å². The quantitative estimate of drug-likeness (QED) is 0.266. The van der Waals surface area contributed by atoms with Gasteiger partial charge < -0.3 is 24.3 Å². The van der Waals surface area contributed by atoms with Crippen LogP contribution < -0.4 is 4.74 Å². The number of aromatic carboxylic acids is 1. The number of aliphatic hydroxyl groups is 1. The van der Waals surface area contributed by atoms with Crippen molar-refractivity contribution in [1.29, 1.82) is 0 Å². The van der Waals surface area contributed by atoms with Crippen LogP contribution in [0.25, 0.3) is 11.0 Å². The number of aryl methyl sites for hydroxylation is 1. The maximum Gasteiger partial charge on any atom is 0.335 e. The van der Waals surface area contributed by atoms with Crippen molar-refractivity contribution in [2.24, 2.45) is 5.92 Å². The fourth-order valence-corrected chi connectivity index (χ4v) is 5.95. The molecule has 0 amide bonds. The predicted octanol–water partition coefficient (Wildman–Crippen LogP) is 4.75. The number of nitrogens with zero attached hydrogens (tertiary/aromatic N) is 4. The van der Waals surface area contributed by atoms with Gasteiger partial charge in [0.15, 0.2) is 0 Å². The summed E-state index contributed by atoms with van der Waals surface area (Å²) in [6, 6.07) is 17.1. The molecule has 2 aliphatic rings. The van der Waals surface area contributed by atoms with Crippen molar-refractivity contribution in [3.8, 4) is 5.75 Å². The van der Waals surface area contributed by atoms with Crippen molar-refractivity contribution in [3.63, 3.8) is 0 Å². The van der Waals surface area contributed by atoms with E-state index >= 15 is 0 Å². The summed E-state index contributed by atoms with van der Waals surface area (Å²) in [6.07, 6.45) is 4.27. The monoisotopic (exact) mass is 570 g/mol. The topological polar surface area (TPSA) is 110 Å². The fourth-order valence-electron chi connectivity index (χ4n) is 5.95. The Hall–Kier alpha value is -3.79. The van der Waals surface area contributed by atoms with E-state index in [2.05, 4.69) is 15.5 Å². The Kier molecular flexibility index (Phi) is 8.51. The van der Waals surface area contributed by atoms with Crippen molar-refractivity contribution in [2.75, 3.05) is 19.7 Å². The number of imidazole rings is 1. The number of piperidine rings is 1. The Balaban J connectivity index is 1.06. The summed E-state index contributed by atoms with van der Waals surface area (Å²) in [6.45, 7) is 6.48. The molecule has 4 aromatic rings. The minimum Gasteiger partial charge on any atom is -0.487 e. The van der Waals surface area contributed by atoms with Crippen molar-refractivity contribution in [3.05, 3.63) is 88.5 Å². The van der Waals surface area contributed by atoms with E-state index in [0.29, 0.717) is 24.8 Å². The molecule has 2 aliphatic heterocycles. The van der Waals surface area contributed by atoms with Gasteiger partial charge in [-0.3, -0.25) is 9.88 Å². The van der Waals surface area contributed by atoms with Gasteiger partial charge in [0.2, 0.25) is 0 Å². The zero-order valence-electron chi connectivity index (χ0n) is 24.0. The van der Waals surface area contributed by atoms with E-state index in [0.717, 1.165) is 91.3 Å². The van der Waals surface area contributed by atoms with Crippen molar-refractivity contribution < 1.29 is 24.5 Å². The molecule has 4 heterocycles. The molecule has 2 N–H and O–H groups in total. The Morgan fingerprint density at radius 2 is 1.86 bits per heavy atom. The van der Waals surface area contributed by atoms with Crippen LogP contribution in [-0.2, 0) is 37.5 Å². The number of hydrogen-bond donors (Lipinski definition) is 2. The van der Waals surface area contributed by atoms with Gasteiger partial charge in [0, 0.05) is 17.9 Å². The number of benzene rings is 2. The van der Waals surface area contributed by atoms with Crippen LogP contribution in [0.1, 0.15) is 58.0 Å². The Morgan fingerprint density at radius 1 is 1.05 bits per heavy atom. The third-order valence-corrected chi connectivity index (χ3v) is 8.45. The van der Waals surface area contributed by atoms with Crippen LogP contribution in [0.15, 0.2) is 54.6 Å². The van der Waals surface area contributed by atoms with E-state index in [4.69, 9.17) is 19.4 Å². The molecule has 9 heteroatoms. The van der Waals surface area contributed by atoms with E-state index < -0.39 is 5.97 Å². The average molecular weight is 571 g/mol. The molecule has 6 rings (SSSR count). The van der Waals surface area contributed by atoms with Gasteiger partial charge in [-0.05, 0) is 88.0 Å². The molecular formula is C33H38N4O5. The largest absolute Gasteiger partial charge is 0.487 e. The lowest BCUT2D eigenvalue weighted by atomic mass is 9.92. The predicted molar refractivity (Wildman–Crippen MR) is 158 cm³/mol. The lowest BCUT2D eigenvalue weighted by Gasteiger charge is -2.32. The zero-order chi connectivity index (χ0) is 29.1. The van der Waals surface area contributed by atoms with Crippen LogP contribution in [0.5, 0.6) is 5.75 Å². The fraction of sp³-hybridized carbons (Fsp3) is 0.424. The molecule has 1 atom stereocenters. The molecule has 0 spiro atoms. The molecule has 0 bridgehead atoms. The van der Waals surface area contributed by atoms with Crippen LogP contribution in [0.3, 0.4) is 0 Å². The van der Waals surface area contributed by atoms with Crippen LogP contribution in [0.2, 0.25) is 0 Å². The number of carbonyl (C=O) groups is 1. The number of carboxylic acid groups (broad SMARTS) is 1. The highest BCUT2D eigenvalue weighted by atomic mass is 16.5. The summed E-state index contributed by atoms with van der Waals surface area (Å²) in [7, 11) is 0. The molecule has 2 aromatic carbocycles. The number of hydrogen-bond acceptors (Lipinski definition) is 7. The van der Waals surface area contributed by atoms with Crippen LogP contribution in [-0.4, -0.2) is 61.4 Å². The Labute approximate surface area is 245 Å². The number of rotatable bonds is 11. The second kappa shape index (κ2) is 12.6. The first-order valence-electron chi connectivity index (χ1n) is 14.8. The van der Waals surface area contributed by atoms with Crippen LogP contribution >= 0.6 is 0 Å². The standard InChI is InChI=1S/C33H38N4O5/c1-22-5-8-31(25(15-22)20-38)42-21-27-4-2-3-26(34-27)16-23-9-12-36(13-10-23)19-32-35-29-7-6-24(33(39)40)17-30(29)37(32)18-28-11-14-41-28/h2-8,15,17,23,28,38H,9-14,16,18-21H2,1H3,(H,39,40)/t28-/m0/s1. The number of aliphatic hydroxyl groups excluding tert-OH is 1. The highest BCUT2D eigenvalue weighted by Crippen LogP contribution is 2.27. The van der Waals surface area contributed by atoms with Gasteiger partial charge >= 0.3 is 5.97 Å². The first-order chi connectivity index (χ1) is 20.4. The minimum atomic E-state index is -0.928. The van der Waals surface area contributed by atoms with Crippen molar-refractivity contribution >= 4 is 17.0 Å². The summed E-state index contributed by atoms with van der Waals surface area (Å²) < 4.78 is 13.9. The summed E-state index contributed by atoms with van der Waals surface area (Å²) in [5, 5.41) is 19.2. The molecule has 0 aliphatic carbocycles. The van der Waals surface area contributed by atoms with Gasteiger partial charge in [-0.2, -0.15) is 0 Å². The molecule has 220 valence electrons. The van der Waals surface area contributed by atoms with Gasteiger partial charge in [-0.1, -0.05) is 23.8 Å². The molecule has 42 heavy (non-hydrogen) atoms. The maximum atomic E-state index is 11.6. The van der Waals surface area contributed by atoms with E-state index in [9.17, 15) is 15.0 Å². The van der Waals surface area contributed by atoms with Gasteiger partial charge in [-0.25, -0.2) is 9.78 Å². The second-order valence-corrected chi connectivity index (χ2v) is 11.5. The number of pyridine rings is 1. The van der Waals surface area contributed by atoms with Gasteiger partial charge in [0.1, 0.15) is 18.2 Å². The summed E-state index contributed by atoms with van der Waals surface area (Å²) in [5.74, 6) is 1.29. The Bertz CT molecular complexity index is 1560. The van der Waals surface area contributed by atoms with Crippen LogP contribution in [0.4, 0.5) is 0 Å². The molecule has 9 nitrogen and oxygen atoms in total. The van der Waals surface area contributed by atoms with Gasteiger partial charge in [0.25, 0.3) is 0 Å². The summed E-state index contributed by atoms with van der Waals surface area (Å²) in [4.78, 5) is 23.8. The normalized spacial score (nSPS) is 17.8. The molecule has 2 aromatic heterocycles. The summed E-state index contributed by atoms with van der Waals surface area (Å²) >= 11 is 0. The van der Waals surface area contributed by atoms with Crippen molar-refractivity contribution in [2.45, 2.75) is 65.0 Å². The van der Waals surface area contributed by atoms with Crippen LogP contribution in [0, 0.1) is 12.8 Å². The van der Waals surface area contributed by atoms with Gasteiger partial charge in [-0.15, -0.1) is 0 Å². The maximum absolute atomic E-state index is 11.6. The summed E-state index contributed by atoms with van der Waals surface area (Å²) in [5.41, 5.74) is 5.81. The highest BCUT2D eigenvalue weighted by molar-refractivity contribution is 5.92. The third-order valence-electron chi connectivity index (χ3n) is 8.45. The number of ether oxygens (including phenoxy) is 2. The third kappa shape index (κ3) is 6.48. The smallest absolute Gasteiger partial charge is 0.335 e. The molecular weight excluding hydrogens is 532 g/mol. The van der Waals surface area contributed by atoms with E-state index in [1.807, 2.05) is 43.3 Å². The van der Waals surface area contributed by atoms with E-state index in [1.165, 1.54) is 0 Å². The number of likely N-dealkylation sites (tertiary alicyclic amines) is 1. The molecule has 0 radical (unpaired) electrons. The van der Waals surface area contributed by atoms with E-state index in [-0.39, 0.29) is 18.3 Å². The molecule has 0 unspecified atom stereocenters. The highest BCUT2D eigenvalue weighted by Gasteiger charge is 2.25. The molecule has 2 saturated heterocycles. The first kappa shape index (κ1) is 28.3. The number of aromatic nitrogens is 3. The van der Waals surface area contributed by atoms with E-state index in [1.54, 1.807) is 12.1 Å². The van der Waals surface area contributed by atoms with Crippen molar-refractivity contribution in [1.82, 2.24) is 19.4 Å². The zero-order valence-corrected chi connectivity index (χ0v) is 24.0. The Morgan fingerprint density at radius 3 is 2.60 bits per heavy atom. The second-order valence-electron chi connectivity index (χ2n) is 11.5.